The summed E-state index contributed by atoms with van der Waals surface area (Å²) < 4.78 is 38.1. The van der Waals surface area contributed by atoms with Crippen LogP contribution in [0.15, 0.2) is 18.2 Å². The van der Waals surface area contributed by atoms with E-state index in [2.05, 4.69) is 24.8 Å². The van der Waals surface area contributed by atoms with Crippen molar-refractivity contribution in [3.8, 4) is 0 Å². The van der Waals surface area contributed by atoms with E-state index in [0.717, 1.165) is 37.6 Å². The minimum absolute atomic E-state index is 0.190. The van der Waals surface area contributed by atoms with Crippen molar-refractivity contribution < 1.29 is 13.2 Å². The van der Waals surface area contributed by atoms with Crippen LogP contribution in [0, 0.1) is 6.07 Å². The van der Waals surface area contributed by atoms with E-state index in [1.165, 1.54) is 6.07 Å². The van der Waals surface area contributed by atoms with Crippen molar-refractivity contribution in [1.29, 1.82) is 0 Å². The molecule has 0 N–H and O–H groups in total. The van der Waals surface area contributed by atoms with Crippen molar-refractivity contribution in [3.63, 3.8) is 0 Å². The van der Waals surface area contributed by atoms with Gasteiger partial charge < -0.3 is 4.90 Å². The number of hydrogen-bond acceptors (Lipinski definition) is 1. The number of hydrogen-bond donors (Lipinski definition) is 0. The van der Waals surface area contributed by atoms with Gasteiger partial charge in [0.1, 0.15) is 0 Å². The van der Waals surface area contributed by atoms with Crippen LogP contribution >= 0.6 is 0 Å². The molecule has 0 aromatic heterocycles. The maximum absolute atomic E-state index is 12.7. The zero-order valence-electron chi connectivity index (χ0n) is 11.3. The highest BCUT2D eigenvalue weighted by atomic mass is 19.4. The molecule has 1 nitrogen and oxygen atoms in total. The Morgan fingerprint density at radius 3 is 2.68 bits per heavy atom. The average Bonchev–Trinajstić information content (AvgIpc) is 2.38. The molecule has 19 heavy (non-hydrogen) atoms. The highest BCUT2D eigenvalue weighted by molar-refractivity contribution is 5.28. The lowest BCUT2D eigenvalue weighted by Gasteiger charge is -2.35. The summed E-state index contributed by atoms with van der Waals surface area (Å²) in [6.45, 7) is 6.13. The number of halogens is 3. The minimum Gasteiger partial charge on any atom is -0.300 e. The molecule has 1 unspecified atom stereocenters. The van der Waals surface area contributed by atoms with Gasteiger partial charge in [0.25, 0.3) is 0 Å². The maximum Gasteiger partial charge on any atom is 0.416 e. The molecule has 0 bridgehead atoms. The van der Waals surface area contributed by atoms with Crippen molar-refractivity contribution in [2.45, 2.75) is 44.8 Å². The molecule has 2 rings (SSSR count). The lowest BCUT2D eigenvalue weighted by molar-refractivity contribution is -0.137. The molecule has 0 amide bonds. The minimum atomic E-state index is -4.28. The van der Waals surface area contributed by atoms with E-state index in [1.807, 2.05) is 0 Å². The smallest absolute Gasteiger partial charge is 0.300 e. The molecule has 1 aliphatic rings. The molecule has 4 heteroatoms. The Morgan fingerprint density at radius 2 is 2.05 bits per heavy atom. The van der Waals surface area contributed by atoms with Crippen molar-refractivity contribution in [1.82, 2.24) is 4.90 Å². The Labute approximate surface area is 112 Å². The fraction of sp³-hybridized carbons (Fsp3) is 0.600. The summed E-state index contributed by atoms with van der Waals surface area (Å²) in [5.74, 6) is 0.190. The summed E-state index contributed by atoms with van der Waals surface area (Å²) in [7, 11) is 0. The van der Waals surface area contributed by atoms with E-state index in [1.54, 1.807) is 6.07 Å². The molecular weight excluding hydrogens is 251 g/mol. The van der Waals surface area contributed by atoms with Crippen LogP contribution in [0.25, 0.3) is 0 Å². The van der Waals surface area contributed by atoms with Gasteiger partial charge in [-0.25, -0.2) is 0 Å². The van der Waals surface area contributed by atoms with E-state index >= 15 is 0 Å². The van der Waals surface area contributed by atoms with Gasteiger partial charge in [-0.15, -0.1) is 0 Å². The van der Waals surface area contributed by atoms with Gasteiger partial charge in [-0.3, -0.25) is 0 Å². The molecule has 1 saturated heterocycles. The van der Waals surface area contributed by atoms with E-state index in [4.69, 9.17) is 0 Å². The van der Waals surface area contributed by atoms with Crippen molar-refractivity contribution >= 4 is 0 Å². The Balaban J connectivity index is 2.17. The number of alkyl halides is 3. The van der Waals surface area contributed by atoms with Crippen LogP contribution in [0.4, 0.5) is 13.2 Å². The summed E-state index contributed by atoms with van der Waals surface area (Å²) >= 11 is 0. The molecule has 1 aliphatic heterocycles. The lowest BCUT2D eigenvalue weighted by atomic mass is 9.89. The number of benzene rings is 1. The van der Waals surface area contributed by atoms with Crippen LogP contribution in [0.1, 0.15) is 43.7 Å². The standard InChI is InChI=1S/C15H19F3N/c1-11(2)19-8-4-6-13(10-19)12-5-3-7-14(9-12)15(16,17)18/h5,7,9,11,13H,4,6,8,10H2,1-2H3. The molecule has 0 spiro atoms. The molecular formula is C15H19F3N. The first-order valence-corrected chi connectivity index (χ1v) is 6.70. The van der Waals surface area contributed by atoms with Gasteiger partial charge in [0.15, 0.2) is 0 Å². The van der Waals surface area contributed by atoms with Gasteiger partial charge in [-0.2, -0.15) is 13.2 Å². The first-order valence-electron chi connectivity index (χ1n) is 6.70. The third kappa shape index (κ3) is 3.50. The highest BCUT2D eigenvalue weighted by Gasteiger charge is 2.31. The maximum atomic E-state index is 12.7. The first kappa shape index (κ1) is 14.4. The van der Waals surface area contributed by atoms with Crippen LogP contribution in [0.5, 0.6) is 0 Å². The number of rotatable bonds is 2. The lowest BCUT2D eigenvalue weighted by Crippen LogP contribution is -2.39. The fourth-order valence-corrected chi connectivity index (χ4v) is 2.64. The van der Waals surface area contributed by atoms with Crippen molar-refractivity contribution in [3.05, 3.63) is 35.4 Å². The van der Waals surface area contributed by atoms with Gasteiger partial charge in [-0.05, 0) is 62.9 Å². The quantitative estimate of drug-likeness (QED) is 0.782. The summed E-state index contributed by atoms with van der Waals surface area (Å²) in [4.78, 5) is 2.33. The van der Waals surface area contributed by atoms with Gasteiger partial charge >= 0.3 is 6.18 Å². The molecule has 1 aromatic carbocycles. The fourth-order valence-electron chi connectivity index (χ4n) is 2.64. The number of likely N-dealkylation sites (tertiary alicyclic amines) is 1. The first-order chi connectivity index (χ1) is 8.88. The van der Waals surface area contributed by atoms with Crippen molar-refractivity contribution in [2.24, 2.45) is 0 Å². The van der Waals surface area contributed by atoms with Gasteiger partial charge in [0.2, 0.25) is 0 Å². The third-order valence-corrected chi connectivity index (χ3v) is 3.79. The second-order valence-corrected chi connectivity index (χ2v) is 5.48. The highest BCUT2D eigenvalue weighted by Crippen LogP contribution is 2.33. The Morgan fingerprint density at radius 1 is 1.32 bits per heavy atom. The predicted molar refractivity (Wildman–Crippen MR) is 69.0 cm³/mol. The van der Waals surface area contributed by atoms with Crippen LogP contribution in [-0.2, 0) is 6.18 Å². The van der Waals surface area contributed by atoms with Crippen molar-refractivity contribution in [2.75, 3.05) is 13.1 Å². The second kappa shape index (κ2) is 5.53. The predicted octanol–water partition coefficient (Wildman–Crippen LogP) is 4.09. The van der Waals surface area contributed by atoms with Gasteiger partial charge in [0.05, 0.1) is 5.56 Å². The summed E-state index contributed by atoms with van der Waals surface area (Å²) in [6.07, 6.45) is -2.28. The molecule has 1 fully saturated rings. The Kier molecular flexibility index (Phi) is 4.19. The SMILES string of the molecule is CC(C)N1CCCC(c2c[c]cc(C(F)(F)F)c2)C1. The van der Waals surface area contributed by atoms with E-state index in [9.17, 15) is 13.2 Å². The summed E-state index contributed by atoms with van der Waals surface area (Å²) in [5, 5.41) is 0. The Bertz CT molecular complexity index is 426. The van der Waals surface area contributed by atoms with Gasteiger partial charge in [0, 0.05) is 12.6 Å². The summed E-state index contributed by atoms with van der Waals surface area (Å²) in [5.41, 5.74) is 0.173. The third-order valence-electron chi connectivity index (χ3n) is 3.79. The molecule has 1 heterocycles. The Hall–Kier alpha value is -1.03. The van der Waals surface area contributed by atoms with Gasteiger partial charge in [-0.1, -0.05) is 6.07 Å². The largest absolute Gasteiger partial charge is 0.416 e. The molecule has 0 aliphatic carbocycles. The molecule has 0 saturated carbocycles. The molecule has 1 aromatic rings. The average molecular weight is 270 g/mol. The zero-order chi connectivity index (χ0) is 14.0. The number of nitrogens with zero attached hydrogens (tertiary/aromatic N) is 1. The van der Waals surface area contributed by atoms with Crippen LogP contribution < -0.4 is 0 Å². The monoisotopic (exact) mass is 270 g/mol. The van der Waals surface area contributed by atoms with E-state index < -0.39 is 11.7 Å². The molecule has 105 valence electrons. The normalized spacial score (nSPS) is 21.9. The molecule has 1 radical (unpaired) electrons. The second-order valence-electron chi connectivity index (χ2n) is 5.48. The van der Waals surface area contributed by atoms with E-state index in [-0.39, 0.29) is 5.92 Å². The van der Waals surface area contributed by atoms with E-state index in [0.29, 0.717) is 6.04 Å². The topological polar surface area (TPSA) is 3.24 Å². The molecule has 1 atom stereocenters. The van der Waals surface area contributed by atoms with Crippen LogP contribution in [0.2, 0.25) is 0 Å². The summed E-state index contributed by atoms with van der Waals surface area (Å²) in [6, 6.07) is 7.08. The van der Waals surface area contributed by atoms with Crippen LogP contribution in [-0.4, -0.2) is 24.0 Å². The van der Waals surface area contributed by atoms with Crippen LogP contribution in [0.3, 0.4) is 0 Å². The number of piperidine rings is 1. The zero-order valence-corrected chi connectivity index (χ0v) is 11.3.